The second-order valence-corrected chi connectivity index (χ2v) is 4.54. The number of benzene rings is 1. The third kappa shape index (κ3) is 2.80. The number of aromatic nitrogens is 2. The van der Waals surface area contributed by atoms with Crippen molar-refractivity contribution in [2.45, 2.75) is 27.2 Å². The molecule has 0 spiro atoms. The lowest BCUT2D eigenvalue weighted by Crippen LogP contribution is -2.02. The Morgan fingerprint density at radius 3 is 2.61 bits per heavy atom. The summed E-state index contributed by atoms with van der Waals surface area (Å²) in [6.45, 7) is 5.71. The van der Waals surface area contributed by atoms with Crippen LogP contribution in [0.3, 0.4) is 0 Å². The van der Waals surface area contributed by atoms with Crippen LogP contribution in [0.1, 0.15) is 23.9 Å². The number of nitrogens with zero attached hydrogens (tertiary/aromatic N) is 2. The standard InChI is InChI=1S/C15H16N2O/c1-10-4-5-13(8-11(10)2)14-6-7-16-15(17-14)9-12(3)18/h4-8H,9H2,1-3H3. The second kappa shape index (κ2) is 5.08. The molecule has 2 rings (SSSR count). The highest BCUT2D eigenvalue weighted by molar-refractivity contribution is 5.77. The molecule has 0 atom stereocenters. The normalized spacial score (nSPS) is 10.4. The summed E-state index contributed by atoms with van der Waals surface area (Å²) in [6, 6.07) is 8.10. The molecule has 0 aliphatic rings. The fraction of sp³-hybridized carbons (Fsp3) is 0.267. The van der Waals surface area contributed by atoms with Crippen LogP contribution in [-0.2, 0) is 11.2 Å². The van der Waals surface area contributed by atoms with Gasteiger partial charge in [-0.25, -0.2) is 9.97 Å². The van der Waals surface area contributed by atoms with Crippen LogP contribution in [0, 0.1) is 13.8 Å². The van der Waals surface area contributed by atoms with Gasteiger partial charge in [-0.1, -0.05) is 12.1 Å². The average molecular weight is 240 g/mol. The zero-order valence-corrected chi connectivity index (χ0v) is 10.9. The van der Waals surface area contributed by atoms with Gasteiger partial charge in [-0.05, 0) is 44.0 Å². The van der Waals surface area contributed by atoms with E-state index in [1.165, 1.54) is 11.1 Å². The Labute approximate surface area is 107 Å². The van der Waals surface area contributed by atoms with Crippen LogP contribution in [0.2, 0.25) is 0 Å². The number of carbonyl (C=O) groups excluding carboxylic acids is 1. The van der Waals surface area contributed by atoms with Gasteiger partial charge in [0.2, 0.25) is 0 Å². The molecule has 0 unspecified atom stereocenters. The number of Topliss-reactive ketones (excluding diaryl/α,β-unsaturated/α-hetero) is 1. The maximum atomic E-state index is 11.1. The quantitative estimate of drug-likeness (QED) is 0.828. The van der Waals surface area contributed by atoms with Gasteiger partial charge < -0.3 is 0 Å². The fourth-order valence-electron chi connectivity index (χ4n) is 1.77. The zero-order valence-electron chi connectivity index (χ0n) is 10.9. The fourth-order valence-corrected chi connectivity index (χ4v) is 1.77. The van der Waals surface area contributed by atoms with E-state index in [0.717, 1.165) is 11.3 Å². The SMILES string of the molecule is CC(=O)Cc1nccc(-c2ccc(C)c(C)c2)n1. The van der Waals surface area contributed by atoms with Crippen molar-refractivity contribution in [3.63, 3.8) is 0 Å². The third-order valence-corrected chi connectivity index (χ3v) is 2.92. The lowest BCUT2D eigenvalue weighted by atomic mass is 10.0. The highest BCUT2D eigenvalue weighted by atomic mass is 16.1. The summed E-state index contributed by atoms with van der Waals surface area (Å²) in [5.74, 6) is 0.658. The van der Waals surface area contributed by atoms with Crippen LogP contribution in [0.5, 0.6) is 0 Å². The monoisotopic (exact) mass is 240 g/mol. The molecule has 0 saturated carbocycles. The topological polar surface area (TPSA) is 42.9 Å². The molecule has 1 aromatic carbocycles. The minimum atomic E-state index is 0.0761. The van der Waals surface area contributed by atoms with E-state index >= 15 is 0 Å². The molecular formula is C15H16N2O. The first-order chi connectivity index (χ1) is 8.56. The third-order valence-electron chi connectivity index (χ3n) is 2.92. The smallest absolute Gasteiger partial charge is 0.137 e. The number of ketones is 1. The van der Waals surface area contributed by atoms with E-state index in [0.29, 0.717) is 12.2 Å². The lowest BCUT2D eigenvalue weighted by molar-refractivity contribution is -0.116. The number of aryl methyl sites for hydroxylation is 2. The van der Waals surface area contributed by atoms with Crippen molar-refractivity contribution in [1.29, 1.82) is 0 Å². The summed E-state index contributed by atoms with van der Waals surface area (Å²) in [4.78, 5) is 19.6. The minimum absolute atomic E-state index is 0.0761. The van der Waals surface area contributed by atoms with Gasteiger partial charge in [0.05, 0.1) is 12.1 Å². The Morgan fingerprint density at radius 2 is 1.94 bits per heavy atom. The van der Waals surface area contributed by atoms with E-state index in [9.17, 15) is 4.79 Å². The lowest BCUT2D eigenvalue weighted by Gasteiger charge is -2.06. The molecule has 1 aromatic heterocycles. The van der Waals surface area contributed by atoms with Gasteiger partial charge in [0.1, 0.15) is 11.6 Å². The maximum Gasteiger partial charge on any atom is 0.137 e. The summed E-state index contributed by atoms with van der Waals surface area (Å²) < 4.78 is 0. The van der Waals surface area contributed by atoms with Crippen molar-refractivity contribution in [1.82, 2.24) is 9.97 Å². The summed E-state index contributed by atoms with van der Waals surface area (Å²) in [5.41, 5.74) is 4.42. The summed E-state index contributed by atoms with van der Waals surface area (Å²) >= 11 is 0. The van der Waals surface area contributed by atoms with Gasteiger partial charge in [0, 0.05) is 11.8 Å². The average Bonchev–Trinajstić information content (AvgIpc) is 2.32. The summed E-state index contributed by atoms with van der Waals surface area (Å²) in [5, 5.41) is 0. The molecule has 0 aliphatic heterocycles. The summed E-state index contributed by atoms with van der Waals surface area (Å²) in [6.07, 6.45) is 1.99. The van der Waals surface area contributed by atoms with Crippen LogP contribution in [0.4, 0.5) is 0 Å². The molecule has 3 nitrogen and oxygen atoms in total. The van der Waals surface area contributed by atoms with Gasteiger partial charge >= 0.3 is 0 Å². The minimum Gasteiger partial charge on any atom is -0.300 e. The first-order valence-electron chi connectivity index (χ1n) is 5.95. The molecule has 18 heavy (non-hydrogen) atoms. The van der Waals surface area contributed by atoms with E-state index in [1.807, 2.05) is 12.1 Å². The molecule has 92 valence electrons. The predicted molar refractivity (Wildman–Crippen MR) is 71.3 cm³/mol. The van der Waals surface area contributed by atoms with Crippen molar-refractivity contribution >= 4 is 5.78 Å². The first-order valence-corrected chi connectivity index (χ1v) is 5.95. The summed E-state index contributed by atoms with van der Waals surface area (Å²) in [7, 11) is 0. The van der Waals surface area contributed by atoms with Gasteiger partial charge in [-0.2, -0.15) is 0 Å². The van der Waals surface area contributed by atoms with Crippen LogP contribution < -0.4 is 0 Å². The Morgan fingerprint density at radius 1 is 1.17 bits per heavy atom. The van der Waals surface area contributed by atoms with Gasteiger partial charge in [-0.15, -0.1) is 0 Å². The first kappa shape index (κ1) is 12.4. The van der Waals surface area contributed by atoms with Crippen molar-refractivity contribution in [2.75, 3.05) is 0 Å². The molecule has 0 bridgehead atoms. The Kier molecular flexibility index (Phi) is 3.51. The number of rotatable bonds is 3. The molecule has 0 N–H and O–H groups in total. The van der Waals surface area contributed by atoms with Gasteiger partial charge in [0.15, 0.2) is 0 Å². The predicted octanol–water partition coefficient (Wildman–Crippen LogP) is 2.89. The van der Waals surface area contributed by atoms with E-state index in [2.05, 4.69) is 35.9 Å². The van der Waals surface area contributed by atoms with Crippen LogP contribution >= 0.6 is 0 Å². The zero-order chi connectivity index (χ0) is 13.1. The molecule has 2 aromatic rings. The van der Waals surface area contributed by atoms with Gasteiger partial charge in [-0.3, -0.25) is 4.79 Å². The van der Waals surface area contributed by atoms with Crippen molar-refractivity contribution in [2.24, 2.45) is 0 Å². The van der Waals surface area contributed by atoms with Gasteiger partial charge in [0.25, 0.3) is 0 Å². The molecule has 0 aliphatic carbocycles. The molecule has 1 heterocycles. The van der Waals surface area contributed by atoms with E-state index in [1.54, 1.807) is 13.1 Å². The highest BCUT2D eigenvalue weighted by Crippen LogP contribution is 2.20. The number of hydrogen-bond donors (Lipinski definition) is 0. The molecular weight excluding hydrogens is 224 g/mol. The number of carbonyl (C=O) groups is 1. The van der Waals surface area contributed by atoms with Crippen molar-refractivity contribution < 1.29 is 4.79 Å². The van der Waals surface area contributed by atoms with Crippen molar-refractivity contribution in [3.05, 3.63) is 47.4 Å². The second-order valence-electron chi connectivity index (χ2n) is 4.54. The Balaban J connectivity index is 2.38. The van der Waals surface area contributed by atoms with Crippen LogP contribution in [0.15, 0.2) is 30.5 Å². The maximum absolute atomic E-state index is 11.1. The number of hydrogen-bond acceptors (Lipinski definition) is 3. The van der Waals surface area contributed by atoms with Crippen LogP contribution in [-0.4, -0.2) is 15.8 Å². The molecule has 3 heteroatoms. The van der Waals surface area contributed by atoms with E-state index < -0.39 is 0 Å². The largest absolute Gasteiger partial charge is 0.300 e. The highest BCUT2D eigenvalue weighted by Gasteiger charge is 2.05. The van der Waals surface area contributed by atoms with Crippen molar-refractivity contribution in [3.8, 4) is 11.3 Å². The van der Waals surface area contributed by atoms with E-state index in [4.69, 9.17) is 0 Å². The molecule has 0 radical (unpaired) electrons. The molecule has 0 fully saturated rings. The molecule has 0 saturated heterocycles. The van der Waals surface area contributed by atoms with E-state index in [-0.39, 0.29) is 5.78 Å². The Hall–Kier alpha value is -2.03. The molecule has 0 amide bonds. The van der Waals surface area contributed by atoms with Crippen LogP contribution in [0.25, 0.3) is 11.3 Å². The Bertz CT molecular complexity index is 591.